The van der Waals surface area contributed by atoms with Crippen LogP contribution in [0.25, 0.3) is 0 Å². The number of aryl methyl sites for hydroxylation is 1. The fourth-order valence-electron chi connectivity index (χ4n) is 1.40. The number of rotatable bonds is 7. The summed E-state index contributed by atoms with van der Waals surface area (Å²) >= 11 is 1.65. The first-order valence-electron chi connectivity index (χ1n) is 7.01. The van der Waals surface area contributed by atoms with Gasteiger partial charge in [-0.25, -0.2) is 0 Å². The zero-order chi connectivity index (χ0) is 15.2. The third kappa shape index (κ3) is 6.93. The molecule has 0 saturated carbocycles. The molecule has 1 amide bonds. The van der Waals surface area contributed by atoms with Gasteiger partial charge in [-0.15, -0.1) is 11.8 Å². The van der Waals surface area contributed by atoms with Crippen molar-refractivity contribution in [3.63, 3.8) is 0 Å². The van der Waals surface area contributed by atoms with E-state index in [4.69, 9.17) is 4.52 Å². The Hall–Kier alpha value is -1.04. The first kappa shape index (κ1) is 17.0. The molecule has 0 fully saturated rings. The zero-order valence-electron chi connectivity index (χ0n) is 13.0. The molecule has 6 heteroatoms. The first-order valence-corrected chi connectivity index (χ1v) is 7.99. The SMILES string of the molecule is CC(C)c1noc(CCCNC(=O)CSC(C)(C)C)n1. The number of hydrogen-bond acceptors (Lipinski definition) is 5. The number of thioether (sulfide) groups is 1. The van der Waals surface area contributed by atoms with Crippen molar-refractivity contribution in [1.82, 2.24) is 15.5 Å². The summed E-state index contributed by atoms with van der Waals surface area (Å²) in [6.07, 6.45) is 1.51. The van der Waals surface area contributed by atoms with Gasteiger partial charge >= 0.3 is 0 Å². The van der Waals surface area contributed by atoms with Crippen LogP contribution in [0, 0.1) is 0 Å². The van der Waals surface area contributed by atoms with Gasteiger partial charge in [-0.2, -0.15) is 4.98 Å². The second-order valence-corrected chi connectivity index (χ2v) is 7.86. The van der Waals surface area contributed by atoms with Gasteiger partial charge in [-0.1, -0.05) is 39.8 Å². The third-order valence-electron chi connectivity index (χ3n) is 2.53. The van der Waals surface area contributed by atoms with E-state index in [1.54, 1.807) is 11.8 Å². The second kappa shape index (κ2) is 7.67. The number of carbonyl (C=O) groups is 1. The number of nitrogens with zero attached hydrogens (tertiary/aromatic N) is 2. The summed E-state index contributed by atoms with van der Waals surface area (Å²) in [5.74, 6) is 2.25. The summed E-state index contributed by atoms with van der Waals surface area (Å²) in [7, 11) is 0. The molecule has 5 nitrogen and oxygen atoms in total. The minimum absolute atomic E-state index is 0.0818. The van der Waals surface area contributed by atoms with E-state index in [0.717, 1.165) is 12.2 Å². The van der Waals surface area contributed by atoms with E-state index in [1.165, 1.54) is 0 Å². The number of aromatic nitrogens is 2. The molecule has 0 aliphatic heterocycles. The van der Waals surface area contributed by atoms with Crippen LogP contribution < -0.4 is 5.32 Å². The van der Waals surface area contributed by atoms with Crippen LogP contribution in [0.3, 0.4) is 0 Å². The maximum atomic E-state index is 11.6. The Balaban J connectivity index is 2.16. The molecule has 0 aliphatic rings. The van der Waals surface area contributed by atoms with E-state index in [-0.39, 0.29) is 16.6 Å². The summed E-state index contributed by atoms with van der Waals surface area (Å²) in [4.78, 5) is 15.9. The lowest BCUT2D eigenvalue weighted by Gasteiger charge is -2.16. The predicted molar refractivity (Wildman–Crippen MR) is 81.9 cm³/mol. The molecule has 1 aromatic rings. The Bertz CT molecular complexity index is 424. The highest BCUT2D eigenvalue weighted by Gasteiger charge is 2.13. The van der Waals surface area contributed by atoms with Gasteiger partial charge in [-0.05, 0) is 6.42 Å². The van der Waals surface area contributed by atoms with E-state index in [1.807, 2.05) is 13.8 Å². The molecular weight excluding hydrogens is 274 g/mol. The standard InChI is InChI=1S/C14H25N3O2S/c1-10(2)13-16-12(19-17-13)7-6-8-15-11(18)9-20-14(3,4)5/h10H,6-9H2,1-5H3,(H,15,18). The smallest absolute Gasteiger partial charge is 0.230 e. The Morgan fingerprint density at radius 3 is 2.65 bits per heavy atom. The molecule has 20 heavy (non-hydrogen) atoms. The van der Waals surface area contributed by atoms with Gasteiger partial charge in [0.1, 0.15) is 0 Å². The lowest BCUT2D eigenvalue weighted by molar-refractivity contribution is -0.118. The Kier molecular flexibility index (Phi) is 6.52. The van der Waals surface area contributed by atoms with E-state index in [2.05, 4.69) is 36.2 Å². The van der Waals surface area contributed by atoms with E-state index in [0.29, 0.717) is 24.6 Å². The fraction of sp³-hybridized carbons (Fsp3) is 0.786. The summed E-state index contributed by atoms with van der Waals surface area (Å²) in [5.41, 5.74) is 0. The molecule has 1 aromatic heterocycles. The van der Waals surface area contributed by atoms with Crippen LogP contribution in [0.1, 0.15) is 58.7 Å². The van der Waals surface area contributed by atoms with Crippen LogP contribution in [0.5, 0.6) is 0 Å². The Morgan fingerprint density at radius 2 is 2.10 bits per heavy atom. The second-order valence-electron chi connectivity index (χ2n) is 6.06. The lowest BCUT2D eigenvalue weighted by Crippen LogP contribution is -2.28. The molecule has 114 valence electrons. The van der Waals surface area contributed by atoms with Gasteiger partial charge < -0.3 is 9.84 Å². The fourth-order valence-corrected chi connectivity index (χ4v) is 2.07. The molecule has 0 saturated heterocycles. The van der Waals surface area contributed by atoms with Gasteiger partial charge in [-0.3, -0.25) is 4.79 Å². The highest BCUT2D eigenvalue weighted by Crippen LogP contribution is 2.22. The van der Waals surface area contributed by atoms with Crippen molar-refractivity contribution in [1.29, 1.82) is 0 Å². The highest BCUT2D eigenvalue weighted by atomic mass is 32.2. The molecule has 0 unspecified atom stereocenters. The number of amides is 1. The maximum Gasteiger partial charge on any atom is 0.230 e. The molecule has 1 heterocycles. The van der Waals surface area contributed by atoms with Gasteiger partial charge in [0, 0.05) is 23.6 Å². The van der Waals surface area contributed by atoms with Crippen LogP contribution in [0.2, 0.25) is 0 Å². The minimum atomic E-state index is 0.0818. The van der Waals surface area contributed by atoms with Gasteiger partial charge in [0.15, 0.2) is 5.82 Å². The van der Waals surface area contributed by atoms with E-state index < -0.39 is 0 Å². The normalized spacial score (nSPS) is 11.9. The summed E-state index contributed by atoms with van der Waals surface area (Å²) in [5, 5.41) is 6.81. The average Bonchev–Trinajstić information content (AvgIpc) is 2.80. The van der Waals surface area contributed by atoms with Gasteiger partial charge in [0.05, 0.1) is 5.75 Å². The molecule has 1 rings (SSSR count). The molecule has 0 aromatic carbocycles. The number of nitrogens with one attached hydrogen (secondary N) is 1. The van der Waals surface area contributed by atoms with Crippen molar-refractivity contribution < 1.29 is 9.32 Å². The molecule has 0 spiro atoms. The van der Waals surface area contributed by atoms with Crippen LogP contribution in [0.15, 0.2) is 4.52 Å². The Labute approximate surface area is 125 Å². The molecule has 0 radical (unpaired) electrons. The number of carbonyl (C=O) groups excluding carboxylic acids is 1. The van der Waals surface area contributed by atoms with Crippen molar-refractivity contribution in [2.24, 2.45) is 0 Å². The topological polar surface area (TPSA) is 68.0 Å². The van der Waals surface area contributed by atoms with Crippen molar-refractivity contribution in [3.8, 4) is 0 Å². The van der Waals surface area contributed by atoms with Crippen LogP contribution in [-0.4, -0.2) is 33.1 Å². The average molecular weight is 299 g/mol. The monoisotopic (exact) mass is 299 g/mol. The van der Waals surface area contributed by atoms with Crippen LogP contribution in [0.4, 0.5) is 0 Å². The summed E-state index contributed by atoms with van der Waals surface area (Å²) in [6, 6.07) is 0. The molecule has 0 bridgehead atoms. The zero-order valence-corrected chi connectivity index (χ0v) is 13.8. The largest absolute Gasteiger partial charge is 0.355 e. The van der Waals surface area contributed by atoms with Crippen molar-refractivity contribution in [2.75, 3.05) is 12.3 Å². The van der Waals surface area contributed by atoms with E-state index >= 15 is 0 Å². The quantitative estimate of drug-likeness (QED) is 0.784. The lowest BCUT2D eigenvalue weighted by atomic mass is 10.2. The van der Waals surface area contributed by atoms with Gasteiger partial charge in [0.25, 0.3) is 0 Å². The van der Waals surface area contributed by atoms with E-state index in [9.17, 15) is 4.79 Å². The number of hydrogen-bond donors (Lipinski definition) is 1. The molecule has 1 N–H and O–H groups in total. The van der Waals surface area contributed by atoms with Gasteiger partial charge in [0.2, 0.25) is 11.8 Å². The minimum Gasteiger partial charge on any atom is -0.355 e. The summed E-state index contributed by atoms with van der Waals surface area (Å²) in [6.45, 7) is 11.0. The first-order chi connectivity index (χ1) is 9.28. The maximum absolute atomic E-state index is 11.6. The summed E-state index contributed by atoms with van der Waals surface area (Å²) < 4.78 is 5.27. The van der Waals surface area contributed by atoms with Crippen molar-refractivity contribution in [2.45, 2.75) is 58.1 Å². The Morgan fingerprint density at radius 1 is 1.40 bits per heavy atom. The molecule has 0 aliphatic carbocycles. The molecule has 0 atom stereocenters. The third-order valence-corrected chi connectivity index (χ3v) is 3.80. The van der Waals surface area contributed by atoms with Crippen molar-refractivity contribution in [3.05, 3.63) is 11.7 Å². The van der Waals surface area contributed by atoms with Crippen LogP contribution in [-0.2, 0) is 11.2 Å². The molecular formula is C14H25N3O2S. The van der Waals surface area contributed by atoms with Crippen LogP contribution >= 0.6 is 11.8 Å². The highest BCUT2D eigenvalue weighted by molar-refractivity contribution is 8.01. The predicted octanol–water partition coefficient (Wildman–Crippen LogP) is 2.77. The van der Waals surface area contributed by atoms with Crippen molar-refractivity contribution >= 4 is 17.7 Å².